The first-order chi connectivity index (χ1) is 11.0. The molecule has 0 spiro atoms. The third kappa shape index (κ3) is 3.45. The Labute approximate surface area is 146 Å². The average molecular weight is 358 g/mol. The van der Waals surface area contributed by atoms with Crippen LogP contribution in [0, 0.1) is 0 Å². The molecule has 0 radical (unpaired) electrons. The Bertz CT molecular complexity index is 612. The van der Waals surface area contributed by atoms with Gasteiger partial charge in [0.05, 0.1) is 19.2 Å². The van der Waals surface area contributed by atoms with E-state index in [4.69, 9.17) is 33.3 Å². The monoisotopic (exact) mass is 357 g/mol. The molecule has 1 amide bonds. The van der Waals surface area contributed by atoms with Crippen LogP contribution in [0.3, 0.4) is 0 Å². The molecule has 0 unspecified atom stereocenters. The van der Waals surface area contributed by atoms with Gasteiger partial charge in [-0.05, 0) is 37.7 Å². The Kier molecular flexibility index (Phi) is 5.90. The van der Waals surface area contributed by atoms with Crippen molar-refractivity contribution in [1.82, 2.24) is 15.3 Å². The zero-order valence-corrected chi connectivity index (χ0v) is 15.0. The second-order valence-corrected chi connectivity index (χ2v) is 5.69. The summed E-state index contributed by atoms with van der Waals surface area (Å²) in [6, 6.07) is 3.29. The summed E-state index contributed by atoms with van der Waals surface area (Å²) < 4.78 is 10.6. The quantitative estimate of drug-likeness (QED) is 0.835. The number of halogens is 1. The van der Waals surface area contributed by atoms with E-state index >= 15 is 0 Å². The van der Waals surface area contributed by atoms with Crippen molar-refractivity contribution in [2.45, 2.75) is 13.3 Å². The molecule has 1 aliphatic rings. The summed E-state index contributed by atoms with van der Waals surface area (Å²) in [4.78, 5) is 13.1. The van der Waals surface area contributed by atoms with Gasteiger partial charge < -0.3 is 14.8 Å². The summed E-state index contributed by atoms with van der Waals surface area (Å²) in [5, 5.41) is 7.32. The predicted octanol–water partition coefficient (Wildman–Crippen LogP) is 2.31. The van der Waals surface area contributed by atoms with E-state index in [2.05, 4.69) is 5.32 Å². The van der Waals surface area contributed by atoms with Crippen molar-refractivity contribution in [1.29, 1.82) is 0 Å². The topological polar surface area (TPSA) is 54.0 Å². The second kappa shape index (κ2) is 7.70. The minimum Gasteiger partial charge on any atom is -0.496 e. The van der Waals surface area contributed by atoms with Gasteiger partial charge in [-0.2, -0.15) is 0 Å². The number of hydrogen-bond donors (Lipinski definition) is 1. The smallest absolute Gasteiger partial charge is 0.280 e. The summed E-state index contributed by atoms with van der Waals surface area (Å²) in [5.74, 6) is 0.466. The van der Waals surface area contributed by atoms with Crippen molar-refractivity contribution in [3.05, 3.63) is 22.7 Å². The van der Waals surface area contributed by atoms with Gasteiger partial charge >= 0.3 is 0 Å². The molecule has 0 aliphatic carbocycles. The first-order valence-electron chi connectivity index (χ1n) is 7.32. The molecule has 1 aliphatic heterocycles. The third-order valence-corrected chi connectivity index (χ3v) is 4.19. The summed E-state index contributed by atoms with van der Waals surface area (Å²) in [6.07, 6.45) is 0.836. The number of carbonyl (C=O) groups excluding carboxylic acids is 1. The molecular formula is C15H20ClN3O3S. The first kappa shape index (κ1) is 17.6. The molecule has 126 valence electrons. The zero-order chi connectivity index (χ0) is 17.0. The molecule has 1 heterocycles. The van der Waals surface area contributed by atoms with Crippen molar-refractivity contribution >= 4 is 34.8 Å². The molecule has 2 rings (SSSR count). The SMILES string of the molecule is CCNC(=S)N1CCCN1C(=O)c1c(OC)ccc(Cl)c1OC. The lowest BCUT2D eigenvalue weighted by Gasteiger charge is -2.30. The van der Waals surface area contributed by atoms with E-state index in [0.29, 0.717) is 46.8 Å². The molecule has 6 nitrogen and oxygen atoms in total. The van der Waals surface area contributed by atoms with Crippen LogP contribution in [-0.4, -0.2) is 54.9 Å². The van der Waals surface area contributed by atoms with Gasteiger partial charge in [-0.1, -0.05) is 11.6 Å². The Balaban J connectivity index is 2.40. The highest BCUT2D eigenvalue weighted by molar-refractivity contribution is 7.80. The molecule has 0 saturated carbocycles. The number of ether oxygens (including phenoxy) is 2. The number of hydrogen-bond acceptors (Lipinski definition) is 4. The number of rotatable bonds is 4. The highest BCUT2D eigenvalue weighted by Gasteiger charge is 2.33. The standard InChI is InChI=1S/C15H20ClN3O3S/c1-4-17-15(23)19-9-5-8-18(19)14(20)12-11(21-2)7-6-10(16)13(12)22-3/h6-7H,4-5,8-9H2,1-3H3,(H,17,23). The van der Waals surface area contributed by atoms with Crippen molar-refractivity contribution in [3.63, 3.8) is 0 Å². The maximum absolute atomic E-state index is 13.1. The molecule has 1 saturated heterocycles. The van der Waals surface area contributed by atoms with Crippen LogP contribution in [0.15, 0.2) is 12.1 Å². The van der Waals surface area contributed by atoms with Crippen molar-refractivity contribution in [2.24, 2.45) is 0 Å². The summed E-state index contributed by atoms with van der Waals surface area (Å²) in [5.41, 5.74) is 0.300. The van der Waals surface area contributed by atoms with E-state index in [0.717, 1.165) is 6.42 Å². The number of methoxy groups -OCH3 is 2. The fourth-order valence-corrected chi connectivity index (χ4v) is 3.09. The number of nitrogens with zero attached hydrogens (tertiary/aromatic N) is 2. The van der Waals surface area contributed by atoms with Crippen molar-refractivity contribution < 1.29 is 14.3 Å². The molecule has 1 fully saturated rings. The first-order valence-corrected chi connectivity index (χ1v) is 8.11. The van der Waals surface area contributed by atoms with E-state index in [9.17, 15) is 4.79 Å². The maximum Gasteiger partial charge on any atom is 0.280 e. The van der Waals surface area contributed by atoms with E-state index in [1.54, 1.807) is 22.2 Å². The molecule has 1 aromatic carbocycles. The molecule has 1 N–H and O–H groups in total. The normalized spacial score (nSPS) is 13.9. The molecule has 0 atom stereocenters. The van der Waals surface area contributed by atoms with Gasteiger partial charge in [-0.3, -0.25) is 9.80 Å². The molecular weight excluding hydrogens is 338 g/mol. The number of hydrazine groups is 1. The minimum atomic E-state index is -0.251. The number of carbonyl (C=O) groups is 1. The number of amides is 1. The van der Waals surface area contributed by atoms with Gasteiger partial charge in [0, 0.05) is 19.6 Å². The van der Waals surface area contributed by atoms with Crippen molar-refractivity contribution in [2.75, 3.05) is 33.9 Å². The van der Waals surface area contributed by atoms with Crippen LogP contribution < -0.4 is 14.8 Å². The second-order valence-electron chi connectivity index (χ2n) is 4.90. The summed E-state index contributed by atoms with van der Waals surface area (Å²) in [6.45, 7) is 3.91. The highest BCUT2D eigenvalue weighted by atomic mass is 35.5. The van der Waals surface area contributed by atoms with Crippen LogP contribution in [0.5, 0.6) is 11.5 Å². The van der Waals surface area contributed by atoms with Gasteiger partial charge in [0.25, 0.3) is 5.91 Å². The van der Waals surface area contributed by atoms with Crippen LogP contribution in [-0.2, 0) is 0 Å². The van der Waals surface area contributed by atoms with Crippen LogP contribution in [0.1, 0.15) is 23.7 Å². The van der Waals surface area contributed by atoms with E-state index < -0.39 is 0 Å². The van der Waals surface area contributed by atoms with Gasteiger partial charge in [0.2, 0.25) is 0 Å². The lowest BCUT2D eigenvalue weighted by molar-refractivity contribution is 0.0485. The average Bonchev–Trinajstić information content (AvgIpc) is 3.03. The fraction of sp³-hybridized carbons (Fsp3) is 0.467. The third-order valence-electron chi connectivity index (χ3n) is 3.54. The molecule has 23 heavy (non-hydrogen) atoms. The zero-order valence-electron chi connectivity index (χ0n) is 13.4. The molecule has 0 bridgehead atoms. The van der Waals surface area contributed by atoms with Crippen LogP contribution in [0.25, 0.3) is 0 Å². The Morgan fingerprint density at radius 2 is 2.00 bits per heavy atom. The molecule has 1 aromatic rings. The lowest BCUT2D eigenvalue weighted by Crippen LogP contribution is -2.49. The highest BCUT2D eigenvalue weighted by Crippen LogP contribution is 2.36. The van der Waals surface area contributed by atoms with Gasteiger partial charge in [0.15, 0.2) is 10.9 Å². The Morgan fingerprint density at radius 1 is 1.30 bits per heavy atom. The van der Waals surface area contributed by atoms with Gasteiger partial charge in [0.1, 0.15) is 11.3 Å². The minimum absolute atomic E-state index is 0.251. The molecule has 8 heteroatoms. The van der Waals surface area contributed by atoms with Crippen LogP contribution >= 0.6 is 23.8 Å². The summed E-state index contributed by atoms with van der Waals surface area (Å²) in [7, 11) is 2.98. The summed E-state index contributed by atoms with van der Waals surface area (Å²) >= 11 is 11.5. The van der Waals surface area contributed by atoms with Gasteiger partial charge in [-0.25, -0.2) is 5.01 Å². The van der Waals surface area contributed by atoms with E-state index in [1.807, 2.05) is 6.92 Å². The van der Waals surface area contributed by atoms with E-state index in [1.165, 1.54) is 14.2 Å². The Hall–Kier alpha value is -1.73. The van der Waals surface area contributed by atoms with Crippen molar-refractivity contribution in [3.8, 4) is 11.5 Å². The fourth-order valence-electron chi connectivity index (χ4n) is 2.52. The van der Waals surface area contributed by atoms with Crippen LogP contribution in [0.2, 0.25) is 5.02 Å². The van der Waals surface area contributed by atoms with E-state index in [-0.39, 0.29) is 5.91 Å². The number of thiocarbonyl (C=S) groups is 1. The molecule has 0 aromatic heterocycles. The number of nitrogens with one attached hydrogen (secondary N) is 1. The van der Waals surface area contributed by atoms with Gasteiger partial charge in [-0.15, -0.1) is 0 Å². The maximum atomic E-state index is 13.1. The lowest BCUT2D eigenvalue weighted by atomic mass is 10.1. The Morgan fingerprint density at radius 3 is 2.61 bits per heavy atom. The largest absolute Gasteiger partial charge is 0.496 e. The predicted molar refractivity (Wildman–Crippen MR) is 93.2 cm³/mol. The number of benzene rings is 1. The van der Waals surface area contributed by atoms with Crippen LogP contribution in [0.4, 0.5) is 0 Å².